The molecule has 0 aromatic heterocycles. The standard InChI is InChI=1S/C16H23NO4/c1-11(12-4-6-14(21-3)7-5-12)17-9-13(8-16(17)19)15(18)10-20-2/h4-7,11,13,15,18H,8-10H2,1-3H3/t11-,13-,15?/m0/s1. The van der Waals surface area contributed by atoms with Crippen LogP contribution in [0.3, 0.4) is 0 Å². The molecule has 0 radical (unpaired) electrons. The molecule has 1 aliphatic heterocycles. The Balaban J connectivity index is 2.04. The maximum Gasteiger partial charge on any atom is 0.223 e. The Morgan fingerprint density at radius 3 is 2.57 bits per heavy atom. The number of rotatable bonds is 6. The van der Waals surface area contributed by atoms with Crippen LogP contribution in [-0.2, 0) is 9.53 Å². The van der Waals surface area contributed by atoms with Gasteiger partial charge in [0.15, 0.2) is 0 Å². The first kappa shape index (κ1) is 15.8. The normalized spacial score (nSPS) is 21.4. The molecule has 5 heteroatoms. The summed E-state index contributed by atoms with van der Waals surface area (Å²) in [7, 11) is 3.18. The van der Waals surface area contributed by atoms with E-state index in [4.69, 9.17) is 9.47 Å². The van der Waals surface area contributed by atoms with E-state index in [1.165, 1.54) is 0 Å². The van der Waals surface area contributed by atoms with Crippen LogP contribution < -0.4 is 4.74 Å². The summed E-state index contributed by atoms with van der Waals surface area (Å²) in [6.07, 6.45) is -0.211. The van der Waals surface area contributed by atoms with E-state index in [0.29, 0.717) is 13.0 Å². The molecule has 1 heterocycles. The highest BCUT2D eigenvalue weighted by molar-refractivity contribution is 5.79. The van der Waals surface area contributed by atoms with Crippen LogP contribution in [0.5, 0.6) is 5.75 Å². The maximum atomic E-state index is 12.2. The van der Waals surface area contributed by atoms with Crippen LogP contribution in [0.25, 0.3) is 0 Å². The second kappa shape index (κ2) is 6.91. The quantitative estimate of drug-likeness (QED) is 0.866. The third-order valence-corrected chi connectivity index (χ3v) is 4.14. The van der Waals surface area contributed by atoms with Crippen molar-refractivity contribution in [3.05, 3.63) is 29.8 Å². The first-order chi connectivity index (χ1) is 10.1. The van der Waals surface area contributed by atoms with Crippen LogP contribution in [0.4, 0.5) is 0 Å². The minimum absolute atomic E-state index is 0.0110. The van der Waals surface area contributed by atoms with Crippen LogP contribution in [0, 0.1) is 5.92 Å². The Morgan fingerprint density at radius 1 is 1.33 bits per heavy atom. The van der Waals surface area contributed by atoms with E-state index in [1.807, 2.05) is 36.1 Å². The van der Waals surface area contributed by atoms with E-state index in [0.717, 1.165) is 11.3 Å². The fourth-order valence-corrected chi connectivity index (χ4v) is 2.76. The highest BCUT2D eigenvalue weighted by Gasteiger charge is 2.36. The molecule has 1 aliphatic rings. The average molecular weight is 293 g/mol. The SMILES string of the molecule is COCC(O)[C@H]1CC(=O)N([C@@H](C)c2ccc(OC)cc2)C1. The van der Waals surface area contributed by atoms with Crippen molar-refractivity contribution in [1.82, 2.24) is 4.90 Å². The number of carbonyl (C=O) groups excluding carboxylic acids is 1. The summed E-state index contributed by atoms with van der Waals surface area (Å²) in [6, 6.07) is 7.71. The van der Waals surface area contributed by atoms with E-state index >= 15 is 0 Å². The van der Waals surface area contributed by atoms with Crippen molar-refractivity contribution >= 4 is 5.91 Å². The molecule has 2 rings (SSSR count). The van der Waals surface area contributed by atoms with Crippen molar-refractivity contribution in [3.63, 3.8) is 0 Å². The Kier molecular flexibility index (Phi) is 5.20. The molecular weight excluding hydrogens is 270 g/mol. The molecule has 116 valence electrons. The summed E-state index contributed by atoms with van der Waals surface area (Å²) in [4.78, 5) is 14.0. The van der Waals surface area contributed by atoms with Gasteiger partial charge in [0.1, 0.15) is 5.75 Å². The van der Waals surface area contributed by atoms with Crippen LogP contribution >= 0.6 is 0 Å². The highest BCUT2D eigenvalue weighted by Crippen LogP contribution is 2.30. The maximum absolute atomic E-state index is 12.2. The Bertz CT molecular complexity index is 474. The van der Waals surface area contributed by atoms with E-state index in [-0.39, 0.29) is 24.5 Å². The fourth-order valence-electron chi connectivity index (χ4n) is 2.76. The number of amides is 1. The number of hydrogen-bond acceptors (Lipinski definition) is 4. The predicted octanol–water partition coefficient (Wildman–Crippen LogP) is 1.61. The second-order valence-corrected chi connectivity index (χ2v) is 5.48. The van der Waals surface area contributed by atoms with Crippen molar-refractivity contribution in [2.24, 2.45) is 5.92 Å². The molecule has 1 aromatic rings. The van der Waals surface area contributed by atoms with Gasteiger partial charge in [-0.25, -0.2) is 0 Å². The summed E-state index contributed by atoms with van der Waals surface area (Å²) in [5.74, 6) is 0.823. The molecule has 21 heavy (non-hydrogen) atoms. The Labute approximate surface area is 125 Å². The number of hydrogen-bond donors (Lipinski definition) is 1. The van der Waals surface area contributed by atoms with Gasteiger partial charge in [0, 0.05) is 26.0 Å². The minimum atomic E-state index is -0.591. The van der Waals surface area contributed by atoms with E-state index in [2.05, 4.69) is 0 Å². The minimum Gasteiger partial charge on any atom is -0.497 e. The first-order valence-corrected chi connectivity index (χ1v) is 7.17. The molecule has 1 unspecified atom stereocenters. The van der Waals surface area contributed by atoms with Gasteiger partial charge in [-0.05, 0) is 24.6 Å². The number of methoxy groups -OCH3 is 2. The molecule has 1 aromatic carbocycles. The van der Waals surface area contributed by atoms with Gasteiger partial charge in [0.25, 0.3) is 0 Å². The summed E-state index contributed by atoms with van der Waals surface area (Å²) < 4.78 is 10.1. The van der Waals surface area contributed by atoms with E-state index in [9.17, 15) is 9.90 Å². The van der Waals surface area contributed by atoms with Gasteiger partial charge in [0.2, 0.25) is 5.91 Å². The lowest BCUT2D eigenvalue weighted by Crippen LogP contribution is -2.31. The lowest BCUT2D eigenvalue weighted by Gasteiger charge is -2.26. The highest BCUT2D eigenvalue weighted by atomic mass is 16.5. The smallest absolute Gasteiger partial charge is 0.223 e. The number of nitrogens with zero attached hydrogens (tertiary/aromatic N) is 1. The Hall–Kier alpha value is -1.59. The van der Waals surface area contributed by atoms with Crippen molar-refractivity contribution in [1.29, 1.82) is 0 Å². The molecule has 1 saturated heterocycles. The zero-order valence-corrected chi connectivity index (χ0v) is 12.8. The van der Waals surface area contributed by atoms with Crippen molar-refractivity contribution in [2.45, 2.75) is 25.5 Å². The summed E-state index contributed by atoms with van der Waals surface area (Å²) in [6.45, 7) is 2.84. The summed E-state index contributed by atoms with van der Waals surface area (Å²) >= 11 is 0. The molecule has 3 atom stereocenters. The molecule has 0 bridgehead atoms. The van der Waals surface area contributed by atoms with Gasteiger partial charge in [-0.1, -0.05) is 12.1 Å². The van der Waals surface area contributed by atoms with Gasteiger partial charge < -0.3 is 19.5 Å². The van der Waals surface area contributed by atoms with Gasteiger partial charge in [-0.3, -0.25) is 4.79 Å². The largest absolute Gasteiger partial charge is 0.497 e. The third-order valence-electron chi connectivity index (χ3n) is 4.14. The molecule has 5 nitrogen and oxygen atoms in total. The van der Waals surface area contributed by atoms with Gasteiger partial charge in [-0.15, -0.1) is 0 Å². The number of aliphatic hydroxyl groups is 1. The molecule has 1 N–H and O–H groups in total. The third kappa shape index (κ3) is 3.54. The van der Waals surface area contributed by atoms with Crippen molar-refractivity contribution < 1.29 is 19.4 Å². The topological polar surface area (TPSA) is 59.0 Å². The van der Waals surface area contributed by atoms with Crippen LogP contribution in [0.1, 0.15) is 24.9 Å². The molecule has 0 saturated carbocycles. The van der Waals surface area contributed by atoms with Gasteiger partial charge in [-0.2, -0.15) is 0 Å². The van der Waals surface area contributed by atoms with Gasteiger partial charge >= 0.3 is 0 Å². The van der Waals surface area contributed by atoms with E-state index < -0.39 is 6.10 Å². The zero-order chi connectivity index (χ0) is 15.4. The second-order valence-electron chi connectivity index (χ2n) is 5.48. The van der Waals surface area contributed by atoms with Crippen molar-refractivity contribution in [2.75, 3.05) is 27.4 Å². The Morgan fingerprint density at radius 2 is 2.00 bits per heavy atom. The molecule has 1 amide bonds. The zero-order valence-electron chi connectivity index (χ0n) is 12.8. The van der Waals surface area contributed by atoms with Crippen LogP contribution in [0.15, 0.2) is 24.3 Å². The average Bonchev–Trinajstić information content (AvgIpc) is 2.89. The summed E-state index contributed by atoms with van der Waals surface area (Å²) in [5, 5.41) is 9.98. The number of ether oxygens (including phenoxy) is 2. The number of benzene rings is 1. The molecule has 0 aliphatic carbocycles. The number of likely N-dealkylation sites (tertiary alicyclic amines) is 1. The summed E-state index contributed by atoms with van der Waals surface area (Å²) in [5.41, 5.74) is 1.06. The van der Waals surface area contributed by atoms with Crippen LogP contribution in [0.2, 0.25) is 0 Å². The predicted molar refractivity (Wildman–Crippen MR) is 79.1 cm³/mol. The van der Waals surface area contributed by atoms with Gasteiger partial charge in [0.05, 0.1) is 25.9 Å². The lowest BCUT2D eigenvalue weighted by molar-refractivity contribution is -0.129. The van der Waals surface area contributed by atoms with Crippen molar-refractivity contribution in [3.8, 4) is 5.75 Å². The molecule has 1 fully saturated rings. The number of carbonyl (C=O) groups is 1. The molecular formula is C16H23NO4. The van der Waals surface area contributed by atoms with E-state index in [1.54, 1.807) is 14.2 Å². The molecule has 0 spiro atoms. The lowest BCUT2D eigenvalue weighted by atomic mass is 10.0. The van der Waals surface area contributed by atoms with Crippen LogP contribution in [-0.4, -0.2) is 49.4 Å². The monoisotopic (exact) mass is 293 g/mol. The number of aliphatic hydroxyl groups excluding tert-OH is 1. The fraction of sp³-hybridized carbons (Fsp3) is 0.562. The first-order valence-electron chi connectivity index (χ1n) is 7.17.